The Hall–Kier alpha value is -0.900. The van der Waals surface area contributed by atoms with Crippen LogP contribution in [0.3, 0.4) is 0 Å². The van der Waals surface area contributed by atoms with E-state index < -0.39 is 0 Å². The Morgan fingerprint density at radius 3 is 2.55 bits per heavy atom. The zero-order chi connectivity index (χ0) is 14.0. The number of hydrogen-bond donors (Lipinski definition) is 2. The van der Waals surface area contributed by atoms with Crippen molar-refractivity contribution in [3.8, 4) is 0 Å². The predicted molar refractivity (Wildman–Crippen MR) is 81.3 cm³/mol. The largest absolute Gasteiger partial charge is 0.393 e. The molecule has 110 valence electrons. The van der Waals surface area contributed by atoms with E-state index in [4.69, 9.17) is 5.73 Å². The van der Waals surface area contributed by atoms with Crippen molar-refractivity contribution in [3.05, 3.63) is 35.9 Å². The molecule has 0 amide bonds. The number of aliphatic hydroxyl groups excluding tert-OH is 1. The highest BCUT2D eigenvalue weighted by Crippen LogP contribution is 2.36. The SMILES string of the molecule is NC1(C2CCCN2Cc2ccccc2)CCC(O)CC1. The van der Waals surface area contributed by atoms with Crippen LogP contribution in [0, 0.1) is 0 Å². The smallest absolute Gasteiger partial charge is 0.0541 e. The van der Waals surface area contributed by atoms with Crippen molar-refractivity contribution in [1.82, 2.24) is 4.90 Å². The molecular formula is C17H26N2O. The number of hydrogen-bond acceptors (Lipinski definition) is 3. The van der Waals surface area contributed by atoms with E-state index in [0.29, 0.717) is 6.04 Å². The molecule has 3 nitrogen and oxygen atoms in total. The summed E-state index contributed by atoms with van der Waals surface area (Å²) in [6.07, 6.45) is 5.99. The number of benzene rings is 1. The van der Waals surface area contributed by atoms with Crippen molar-refractivity contribution in [2.75, 3.05) is 6.54 Å². The Morgan fingerprint density at radius 1 is 1.15 bits per heavy atom. The molecule has 3 N–H and O–H groups in total. The lowest BCUT2D eigenvalue weighted by Crippen LogP contribution is -2.58. The molecule has 1 saturated heterocycles. The highest BCUT2D eigenvalue weighted by atomic mass is 16.3. The zero-order valence-corrected chi connectivity index (χ0v) is 12.2. The normalized spacial score (nSPS) is 35.3. The van der Waals surface area contributed by atoms with Crippen LogP contribution in [0.2, 0.25) is 0 Å². The van der Waals surface area contributed by atoms with Crippen molar-refractivity contribution >= 4 is 0 Å². The van der Waals surface area contributed by atoms with E-state index in [9.17, 15) is 5.11 Å². The Balaban J connectivity index is 1.69. The molecule has 0 aromatic heterocycles. The Labute approximate surface area is 121 Å². The molecule has 20 heavy (non-hydrogen) atoms. The molecular weight excluding hydrogens is 248 g/mol. The minimum absolute atomic E-state index is 0.0927. The molecule has 1 saturated carbocycles. The molecule has 3 rings (SSSR count). The molecule has 1 unspecified atom stereocenters. The highest BCUT2D eigenvalue weighted by molar-refractivity contribution is 5.15. The van der Waals surface area contributed by atoms with Gasteiger partial charge in [-0.3, -0.25) is 4.90 Å². The van der Waals surface area contributed by atoms with E-state index in [1.54, 1.807) is 0 Å². The van der Waals surface area contributed by atoms with Crippen LogP contribution in [0.5, 0.6) is 0 Å². The van der Waals surface area contributed by atoms with Crippen LogP contribution < -0.4 is 5.73 Å². The Kier molecular flexibility index (Phi) is 4.11. The first-order chi connectivity index (χ1) is 9.67. The molecule has 3 heteroatoms. The lowest BCUT2D eigenvalue weighted by Gasteiger charge is -2.44. The fraction of sp³-hybridized carbons (Fsp3) is 0.647. The van der Waals surface area contributed by atoms with Gasteiger partial charge in [-0.25, -0.2) is 0 Å². The van der Waals surface area contributed by atoms with E-state index >= 15 is 0 Å². The van der Waals surface area contributed by atoms with Crippen molar-refractivity contribution < 1.29 is 5.11 Å². The molecule has 2 fully saturated rings. The molecule has 1 heterocycles. The number of aliphatic hydroxyl groups is 1. The minimum Gasteiger partial charge on any atom is -0.393 e. The predicted octanol–water partition coefficient (Wildman–Crippen LogP) is 2.28. The lowest BCUT2D eigenvalue weighted by atomic mass is 9.75. The molecule has 0 bridgehead atoms. The quantitative estimate of drug-likeness (QED) is 0.889. The first-order valence-electron chi connectivity index (χ1n) is 7.92. The average molecular weight is 274 g/mol. The van der Waals surface area contributed by atoms with Gasteiger partial charge in [0.1, 0.15) is 0 Å². The summed E-state index contributed by atoms with van der Waals surface area (Å²) in [4.78, 5) is 2.56. The summed E-state index contributed by atoms with van der Waals surface area (Å²) in [5.41, 5.74) is 8.00. The van der Waals surface area contributed by atoms with E-state index in [2.05, 4.69) is 35.2 Å². The maximum Gasteiger partial charge on any atom is 0.0541 e. The van der Waals surface area contributed by atoms with Gasteiger partial charge in [0, 0.05) is 18.1 Å². The Morgan fingerprint density at radius 2 is 1.85 bits per heavy atom. The van der Waals surface area contributed by atoms with Gasteiger partial charge in [-0.05, 0) is 50.6 Å². The zero-order valence-electron chi connectivity index (χ0n) is 12.2. The highest BCUT2D eigenvalue weighted by Gasteiger charge is 2.42. The molecule has 1 aliphatic carbocycles. The van der Waals surface area contributed by atoms with Gasteiger partial charge in [0.2, 0.25) is 0 Å². The van der Waals surface area contributed by atoms with Crippen molar-refractivity contribution in [3.63, 3.8) is 0 Å². The molecule has 1 aliphatic heterocycles. The van der Waals surface area contributed by atoms with Gasteiger partial charge in [0.15, 0.2) is 0 Å². The number of likely N-dealkylation sites (tertiary alicyclic amines) is 1. The van der Waals surface area contributed by atoms with Gasteiger partial charge in [-0.2, -0.15) is 0 Å². The van der Waals surface area contributed by atoms with Gasteiger partial charge in [0.25, 0.3) is 0 Å². The fourth-order valence-electron chi connectivity index (χ4n) is 3.96. The summed E-state index contributed by atoms with van der Waals surface area (Å²) < 4.78 is 0. The van der Waals surface area contributed by atoms with Crippen molar-refractivity contribution in [2.45, 2.75) is 62.8 Å². The second kappa shape index (κ2) is 5.84. The van der Waals surface area contributed by atoms with Crippen LogP contribution in [-0.2, 0) is 6.54 Å². The van der Waals surface area contributed by atoms with Crippen LogP contribution in [0.15, 0.2) is 30.3 Å². The third kappa shape index (κ3) is 2.90. The summed E-state index contributed by atoms with van der Waals surface area (Å²) >= 11 is 0. The summed E-state index contributed by atoms with van der Waals surface area (Å²) in [5, 5.41) is 9.72. The minimum atomic E-state index is -0.129. The molecule has 2 aliphatic rings. The van der Waals surface area contributed by atoms with Crippen LogP contribution >= 0.6 is 0 Å². The standard InChI is InChI=1S/C17H26N2O/c18-17(10-8-15(20)9-11-17)16-7-4-12-19(16)13-14-5-2-1-3-6-14/h1-3,5-6,15-16,20H,4,7-13,18H2. The van der Waals surface area contributed by atoms with E-state index in [-0.39, 0.29) is 11.6 Å². The fourth-order valence-corrected chi connectivity index (χ4v) is 3.96. The van der Waals surface area contributed by atoms with Gasteiger partial charge in [0.05, 0.1) is 6.10 Å². The maximum atomic E-state index is 9.72. The second-order valence-electron chi connectivity index (χ2n) is 6.58. The first-order valence-corrected chi connectivity index (χ1v) is 7.92. The summed E-state index contributed by atoms with van der Waals surface area (Å²) in [6, 6.07) is 11.2. The maximum absolute atomic E-state index is 9.72. The van der Waals surface area contributed by atoms with Crippen LogP contribution in [-0.4, -0.2) is 34.2 Å². The molecule has 1 aromatic rings. The van der Waals surface area contributed by atoms with E-state index in [1.165, 1.54) is 18.4 Å². The van der Waals surface area contributed by atoms with Crippen LogP contribution in [0.25, 0.3) is 0 Å². The Bertz CT molecular complexity index is 426. The van der Waals surface area contributed by atoms with Gasteiger partial charge >= 0.3 is 0 Å². The second-order valence-corrected chi connectivity index (χ2v) is 6.58. The van der Waals surface area contributed by atoms with Gasteiger partial charge in [-0.15, -0.1) is 0 Å². The molecule has 1 aromatic carbocycles. The van der Waals surface area contributed by atoms with Crippen LogP contribution in [0.4, 0.5) is 0 Å². The van der Waals surface area contributed by atoms with E-state index in [0.717, 1.165) is 38.8 Å². The molecule has 0 radical (unpaired) electrons. The molecule has 0 spiro atoms. The van der Waals surface area contributed by atoms with Crippen molar-refractivity contribution in [2.24, 2.45) is 5.73 Å². The summed E-state index contributed by atoms with van der Waals surface area (Å²) in [6.45, 7) is 2.16. The third-order valence-electron chi connectivity index (χ3n) is 5.14. The van der Waals surface area contributed by atoms with Gasteiger partial charge in [-0.1, -0.05) is 30.3 Å². The number of nitrogens with zero attached hydrogens (tertiary/aromatic N) is 1. The van der Waals surface area contributed by atoms with Crippen LogP contribution in [0.1, 0.15) is 44.1 Å². The first kappa shape index (κ1) is 14.1. The third-order valence-corrected chi connectivity index (χ3v) is 5.14. The lowest BCUT2D eigenvalue weighted by molar-refractivity contribution is 0.0565. The summed E-state index contributed by atoms with van der Waals surface area (Å²) in [7, 11) is 0. The van der Waals surface area contributed by atoms with E-state index in [1.807, 2.05) is 0 Å². The number of nitrogens with two attached hydrogens (primary N) is 1. The van der Waals surface area contributed by atoms with Gasteiger partial charge < -0.3 is 10.8 Å². The van der Waals surface area contributed by atoms with Crippen molar-refractivity contribution in [1.29, 1.82) is 0 Å². The summed E-state index contributed by atoms with van der Waals surface area (Å²) in [5.74, 6) is 0. The topological polar surface area (TPSA) is 49.5 Å². The number of rotatable bonds is 3. The monoisotopic (exact) mass is 274 g/mol. The molecule has 1 atom stereocenters. The average Bonchev–Trinajstić information content (AvgIpc) is 2.92.